The first kappa shape index (κ1) is 17.2. The smallest absolute Gasteiger partial charge is 0.266 e. The number of amides is 1. The highest BCUT2D eigenvalue weighted by atomic mass is 16.1. The zero-order valence-electron chi connectivity index (χ0n) is 14.7. The van der Waals surface area contributed by atoms with Crippen molar-refractivity contribution in [3.05, 3.63) is 77.9 Å². The molecule has 0 aliphatic heterocycles. The number of anilines is 2. The molecule has 0 bridgehead atoms. The van der Waals surface area contributed by atoms with Gasteiger partial charge in [-0.15, -0.1) is 0 Å². The van der Waals surface area contributed by atoms with E-state index in [2.05, 4.69) is 5.32 Å². The van der Waals surface area contributed by atoms with Gasteiger partial charge in [-0.2, -0.15) is 5.26 Å². The van der Waals surface area contributed by atoms with Gasteiger partial charge in [0, 0.05) is 25.5 Å². The summed E-state index contributed by atoms with van der Waals surface area (Å²) in [6.45, 7) is 0. The Bertz CT molecular complexity index is 1010. The van der Waals surface area contributed by atoms with E-state index >= 15 is 0 Å². The van der Waals surface area contributed by atoms with Crippen LogP contribution in [0, 0.1) is 11.3 Å². The zero-order chi connectivity index (χ0) is 18.5. The SMILES string of the molecule is CN(C)c1ccc(/C=C(/C#N)C(=O)Nc2ccc3ccccc3c2)cc1. The van der Waals surface area contributed by atoms with E-state index < -0.39 is 5.91 Å². The van der Waals surface area contributed by atoms with Gasteiger partial charge in [0.2, 0.25) is 0 Å². The van der Waals surface area contributed by atoms with Crippen molar-refractivity contribution >= 4 is 34.1 Å². The fourth-order valence-corrected chi connectivity index (χ4v) is 2.65. The van der Waals surface area contributed by atoms with Crippen molar-refractivity contribution in [2.24, 2.45) is 0 Å². The number of nitrogens with one attached hydrogen (secondary N) is 1. The van der Waals surface area contributed by atoms with E-state index in [-0.39, 0.29) is 5.57 Å². The van der Waals surface area contributed by atoms with Crippen LogP contribution in [0.1, 0.15) is 5.56 Å². The Hall–Kier alpha value is -3.58. The first-order valence-corrected chi connectivity index (χ1v) is 8.26. The number of benzene rings is 3. The Morgan fingerprint density at radius 3 is 2.35 bits per heavy atom. The summed E-state index contributed by atoms with van der Waals surface area (Å²) in [7, 11) is 3.92. The minimum absolute atomic E-state index is 0.0655. The number of carbonyl (C=O) groups excluding carboxylic acids is 1. The van der Waals surface area contributed by atoms with Crippen LogP contribution in [-0.2, 0) is 4.79 Å². The molecule has 0 aromatic heterocycles. The predicted octanol–water partition coefficient (Wildman–Crippen LogP) is 4.45. The Morgan fingerprint density at radius 2 is 1.69 bits per heavy atom. The molecule has 0 aliphatic rings. The third-order valence-corrected chi connectivity index (χ3v) is 4.09. The van der Waals surface area contributed by atoms with Gasteiger partial charge >= 0.3 is 0 Å². The molecule has 0 spiro atoms. The monoisotopic (exact) mass is 341 g/mol. The summed E-state index contributed by atoms with van der Waals surface area (Å²) in [5.41, 5.74) is 2.59. The van der Waals surface area contributed by atoms with Crippen molar-refractivity contribution in [1.82, 2.24) is 0 Å². The van der Waals surface area contributed by atoms with E-state index in [0.29, 0.717) is 5.69 Å². The molecule has 4 heteroatoms. The molecule has 0 heterocycles. The summed E-state index contributed by atoms with van der Waals surface area (Å²) in [6, 6.07) is 23.2. The second-order valence-corrected chi connectivity index (χ2v) is 6.17. The second-order valence-electron chi connectivity index (χ2n) is 6.17. The van der Waals surface area contributed by atoms with Crippen LogP contribution in [0.3, 0.4) is 0 Å². The quantitative estimate of drug-likeness (QED) is 0.563. The molecule has 26 heavy (non-hydrogen) atoms. The van der Waals surface area contributed by atoms with Gasteiger partial charge in [0.05, 0.1) is 0 Å². The molecule has 128 valence electrons. The largest absolute Gasteiger partial charge is 0.378 e. The molecule has 0 aliphatic carbocycles. The van der Waals surface area contributed by atoms with Crippen molar-refractivity contribution in [2.45, 2.75) is 0 Å². The Morgan fingerprint density at radius 1 is 1.00 bits per heavy atom. The predicted molar refractivity (Wildman–Crippen MR) is 107 cm³/mol. The summed E-state index contributed by atoms with van der Waals surface area (Å²) >= 11 is 0. The maximum absolute atomic E-state index is 12.4. The number of hydrogen-bond donors (Lipinski definition) is 1. The minimum atomic E-state index is -0.417. The second kappa shape index (κ2) is 7.54. The maximum Gasteiger partial charge on any atom is 0.266 e. The van der Waals surface area contributed by atoms with E-state index in [0.717, 1.165) is 22.0 Å². The van der Waals surface area contributed by atoms with E-state index in [1.807, 2.05) is 91.8 Å². The maximum atomic E-state index is 12.4. The summed E-state index contributed by atoms with van der Waals surface area (Å²) < 4.78 is 0. The van der Waals surface area contributed by atoms with Gasteiger partial charge in [-0.3, -0.25) is 4.79 Å². The van der Waals surface area contributed by atoms with Crippen LogP contribution in [-0.4, -0.2) is 20.0 Å². The number of fused-ring (bicyclic) bond motifs is 1. The molecular formula is C22H19N3O. The van der Waals surface area contributed by atoms with Crippen LogP contribution >= 0.6 is 0 Å². The van der Waals surface area contributed by atoms with E-state index in [9.17, 15) is 10.1 Å². The molecule has 1 N–H and O–H groups in total. The van der Waals surface area contributed by atoms with Crippen molar-refractivity contribution in [3.63, 3.8) is 0 Å². The minimum Gasteiger partial charge on any atom is -0.378 e. The average Bonchev–Trinajstić information content (AvgIpc) is 2.66. The van der Waals surface area contributed by atoms with Crippen LogP contribution in [0.4, 0.5) is 11.4 Å². The van der Waals surface area contributed by atoms with Gasteiger partial charge in [0.25, 0.3) is 5.91 Å². The van der Waals surface area contributed by atoms with Gasteiger partial charge in [-0.05, 0) is 46.7 Å². The molecule has 0 unspecified atom stereocenters. The molecule has 4 nitrogen and oxygen atoms in total. The van der Waals surface area contributed by atoms with E-state index in [1.165, 1.54) is 0 Å². The normalized spacial score (nSPS) is 11.0. The van der Waals surface area contributed by atoms with Crippen molar-refractivity contribution < 1.29 is 4.79 Å². The first-order valence-electron chi connectivity index (χ1n) is 8.26. The highest BCUT2D eigenvalue weighted by Crippen LogP contribution is 2.20. The molecule has 1 amide bonds. The van der Waals surface area contributed by atoms with Crippen molar-refractivity contribution in [3.8, 4) is 6.07 Å². The summed E-state index contributed by atoms with van der Waals surface area (Å²) in [6.07, 6.45) is 1.59. The van der Waals surface area contributed by atoms with Gasteiger partial charge in [-0.25, -0.2) is 0 Å². The number of nitrogens with zero attached hydrogens (tertiary/aromatic N) is 2. The summed E-state index contributed by atoms with van der Waals surface area (Å²) in [5.74, 6) is -0.417. The van der Waals surface area contributed by atoms with Crippen molar-refractivity contribution in [2.75, 3.05) is 24.3 Å². The fraction of sp³-hybridized carbons (Fsp3) is 0.0909. The van der Waals surface area contributed by atoms with Gasteiger partial charge in [-0.1, -0.05) is 42.5 Å². The van der Waals surface area contributed by atoms with Crippen LogP contribution in [0.25, 0.3) is 16.8 Å². The fourth-order valence-electron chi connectivity index (χ4n) is 2.65. The number of rotatable bonds is 4. The van der Waals surface area contributed by atoms with E-state index in [1.54, 1.807) is 6.08 Å². The van der Waals surface area contributed by atoms with Crippen LogP contribution in [0.5, 0.6) is 0 Å². The number of carbonyl (C=O) groups is 1. The highest BCUT2D eigenvalue weighted by Gasteiger charge is 2.10. The topological polar surface area (TPSA) is 56.1 Å². The molecule has 3 rings (SSSR count). The highest BCUT2D eigenvalue weighted by molar-refractivity contribution is 6.10. The van der Waals surface area contributed by atoms with Crippen LogP contribution in [0.2, 0.25) is 0 Å². The lowest BCUT2D eigenvalue weighted by Gasteiger charge is -2.12. The Balaban J connectivity index is 1.80. The first-order chi connectivity index (χ1) is 12.6. The molecule has 3 aromatic carbocycles. The number of hydrogen-bond acceptors (Lipinski definition) is 3. The molecule has 0 atom stereocenters. The van der Waals surface area contributed by atoms with Crippen LogP contribution < -0.4 is 10.2 Å². The van der Waals surface area contributed by atoms with Gasteiger partial charge in [0.1, 0.15) is 11.6 Å². The van der Waals surface area contributed by atoms with Crippen molar-refractivity contribution in [1.29, 1.82) is 5.26 Å². The Kier molecular flexibility index (Phi) is 5.00. The zero-order valence-corrected chi connectivity index (χ0v) is 14.7. The standard InChI is InChI=1S/C22H19N3O/c1-25(2)21-11-7-16(8-12-21)13-19(15-23)22(26)24-20-10-9-17-5-3-4-6-18(17)14-20/h3-14H,1-2H3,(H,24,26)/b19-13-. The lowest BCUT2D eigenvalue weighted by Crippen LogP contribution is -2.13. The van der Waals surface area contributed by atoms with Crippen LogP contribution in [0.15, 0.2) is 72.3 Å². The molecule has 0 fully saturated rings. The molecule has 3 aromatic rings. The third-order valence-electron chi connectivity index (χ3n) is 4.09. The molecule has 0 saturated carbocycles. The summed E-state index contributed by atoms with van der Waals surface area (Å²) in [5, 5.41) is 14.3. The lowest BCUT2D eigenvalue weighted by molar-refractivity contribution is -0.112. The molecule has 0 saturated heterocycles. The lowest BCUT2D eigenvalue weighted by atomic mass is 10.1. The molecule has 0 radical (unpaired) electrons. The van der Waals surface area contributed by atoms with Gasteiger partial charge in [0.15, 0.2) is 0 Å². The van der Waals surface area contributed by atoms with E-state index in [4.69, 9.17) is 0 Å². The average molecular weight is 341 g/mol. The van der Waals surface area contributed by atoms with Gasteiger partial charge < -0.3 is 10.2 Å². The number of nitriles is 1. The summed E-state index contributed by atoms with van der Waals surface area (Å²) in [4.78, 5) is 14.4. The third kappa shape index (κ3) is 3.90. The molecular weight excluding hydrogens is 322 g/mol. The Labute approximate surface area is 153 Å².